The summed E-state index contributed by atoms with van der Waals surface area (Å²) in [6.45, 7) is 2.66. The molecule has 0 aliphatic heterocycles. The number of ketones is 1. The summed E-state index contributed by atoms with van der Waals surface area (Å²) in [6, 6.07) is 6.35. The highest BCUT2D eigenvalue weighted by molar-refractivity contribution is 5.87. The monoisotopic (exact) mass is 408 g/mol. The van der Waals surface area contributed by atoms with E-state index >= 15 is 0 Å². The molecule has 0 N–H and O–H groups in total. The van der Waals surface area contributed by atoms with Gasteiger partial charge >= 0.3 is 6.18 Å². The van der Waals surface area contributed by atoms with E-state index in [1.807, 2.05) is 6.07 Å². The Bertz CT molecular complexity index is 757. The van der Waals surface area contributed by atoms with Gasteiger partial charge in [0.1, 0.15) is 11.5 Å². The van der Waals surface area contributed by atoms with Gasteiger partial charge in [-0.25, -0.2) is 0 Å². The van der Waals surface area contributed by atoms with Crippen molar-refractivity contribution in [3.05, 3.63) is 29.3 Å². The third kappa shape index (κ3) is 4.20. The van der Waals surface area contributed by atoms with E-state index in [-0.39, 0.29) is 11.8 Å². The molecule has 2 nitrogen and oxygen atoms in total. The molecule has 4 rings (SSSR count). The summed E-state index contributed by atoms with van der Waals surface area (Å²) >= 11 is 0. The maximum Gasteiger partial charge on any atom is 0.389 e. The lowest BCUT2D eigenvalue weighted by Crippen LogP contribution is -2.42. The molecule has 0 aromatic heterocycles. The number of Topliss-reactive ketones (excluding diaryl/α,β-unsaturated/α-hetero) is 1. The zero-order valence-electron chi connectivity index (χ0n) is 17.2. The van der Waals surface area contributed by atoms with Crippen LogP contribution in [0.1, 0.15) is 81.8 Å². The van der Waals surface area contributed by atoms with E-state index in [0.29, 0.717) is 43.0 Å². The first-order valence-electron chi connectivity index (χ1n) is 11.1. The van der Waals surface area contributed by atoms with Crippen molar-refractivity contribution in [1.29, 1.82) is 0 Å². The standard InChI is InChI=1S/C24H31F3O2/c1-23-13-11-19-18-8-6-17(29-14-4-2-3-12-24(25,26)27)15-16(18)5-7-20(19)21(23)9-10-22(23)28/h6,8,15,19-21H,2-5,7,9-14H2,1H3/t19?,20?,21?,23-/m0/s1. The van der Waals surface area contributed by atoms with E-state index in [0.717, 1.165) is 44.3 Å². The van der Waals surface area contributed by atoms with Gasteiger partial charge in [-0.3, -0.25) is 4.79 Å². The number of fused-ring (bicyclic) bond motifs is 5. The van der Waals surface area contributed by atoms with Crippen LogP contribution in [0.25, 0.3) is 0 Å². The lowest BCUT2D eigenvalue weighted by atomic mass is 9.55. The van der Waals surface area contributed by atoms with Crippen LogP contribution in [-0.4, -0.2) is 18.6 Å². The Morgan fingerprint density at radius 2 is 1.93 bits per heavy atom. The predicted molar refractivity (Wildman–Crippen MR) is 106 cm³/mol. The fourth-order valence-electron chi connectivity index (χ4n) is 6.21. The quantitative estimate of drug-likeness (QED) is 0.495. The normalized spacial score (nSPS) is 31.2. The Labute approximate surface area is 171 Å². The van der Waals surface area contributed by atoms with Crippen molar-refractivity contribution >= 4 is 5.78 Å². The molecule has 3 aliphatic rings. The van der Waals surface area contributed by atoms with Gasteiger partial charge in [-0.15, -0.1) is 0 Å². The number of benzene rings is 1. The first-order chi connectivity index (χ1) is 13.8. The van der Waals surface area contributed by atoms with Crippen molar-refractivity contribution in [3.63, 3.8) is 0 Å². The summed E-state index contributed by atoms with van der Waals surface area (Å²) in [4.78, 5) is 12.4. The largest absolute Gasteiger partial charge is 0.494 e. The highest BCUT2D eigenvalue weighted by atomic mass is 19.4. The van der Waals surface area contributed by atoms with E-state index in [2.05, 4.69) is 19.1 Å². The van der Waals surface area contributed by atoms with Crippen molar-refractivity contribution in [2.75, 3.05) is 6.61 Å². The van der Waals surface area contributed by atoms with Crippen LogP contribution in [-0.2, 0) is 11.2 Å². The first-order valence-corrected chi connectivity index (χ1v) is 11.1. The number of ether oxygens (including phenoxy) is 1. The van der Waals surface area contributed by atoms with Crippen LogP contribution in [0.3, 0.4) is 0 Å². The number of unbranched alkanes of at least 4 members (excludes halogenated alkanes) is 2. The molecule has 0 spiro atoms. The van der Waals surface area contributed by atoms with Gasteiger partial charge in [0, 0.05) is 18.3 Å². The summed E-state index contributed by atoms with van der Waals surface area (Å²) in [7, 11) is 0. The Morgan fingerprint density at radius 3 is 2.72 bits per heavy atom. The van der Waals surface area contributed by atoms with Crippen LogP contribution in [0, 0.1) is 17.3 Å². The van der Waals surface area contributed by atoms with E-state index in [9.17, 15) is 18.0 Å². The second-order valence-corrected chi connectivity index (χ2v) is 9.47. The summed E-state index contributed by atoms with van der Waals surface area (Å²) in [5, 5.41) is 0. The molecule has 3 aliphatic carbocycles. The van der Waals surface area contributed by atoms with Crippen molar-refractivity contribution in [1.82, 2.24) is 0 Å². The third-order valence-corrected chi connectivity index (χ3v) is 7.78. The smallest absolute Gasteiger partial charge is 0.389 e. The molecule has 0 radical (unpaired) electrons. The summed E-state index contributed by atoms with van der Waals surface area (Å²) in [6.07, 6.45) is 2.67. The zero-order chi connectivity index (χ0) is 20.6. The zero-order valence-corrected chi connectivity index (χ0v) is 17.2. The first kappa shape index (κ1) is 20.7. The second-order valence-electron chi connectivity index (χ2n) is 9.47. The van der Waals surface area contributed by atoms with Crippen LogP contribution in [0.15, 0.2) is 18.2 Å². The van der Waals surface area contributed by atoms with Gasteiger partial charge in [-0.1, -0.05) is 13.0 Å². The van der Waals surface area contributed by atoms with Crippen LogP contribution in [0.2, 0.25) is 0 Å². The highest BCUT2D eigenvalue weighted by Crippen LogP contribution is 2.59. The fraction of sp³-hybridized carbons (Fsp3) is 0.708. The van der Waals surface area contributed by atoms with Gasteiger partial charge in [0.05, 0.1) is 6.61 Å². The highest BCUT2D eigenvalue weighted by Gasteiger charge is 2.54. The van der Waals surface area contributed by atoms with Crippen LogP contribution in [0.5, 0.6) is 5.75 Å². The van der Waals surface area contributed by atoms with Gasteiger partial charge in [-0.2, -0.15) is 13.2 Å². The maximum absolute atomic E-state index is 12.4. The van der Waals surface area contributed by atoms with Gasteiger partial charge in [0.15, 0.2) is 0 Å². The number of hydrogen-bond acceptors (Lipinski definition) is 2. The molecule has 0 amide bonds. The van der Waals surface area contributed by atoms with Crippen LogP contribution in [0.4, 0.5) is 13.2 Å². The minimum atomic E-state index is -4.06. The average Bonchev–Trinajstić information content (AvgIpc) is 2.98. The van der Waals surface area contributed by atoms with Gasteiger partial charge in [0.25, 0.3) is 0 Å². The molecular formula is C24H31F3O2. The minimum absolute atomic E-state index is 0.0894. The minimum Gasteiger partial charge on any atom is -0.494 e. The molecule has 1 aromatic rings. The summed E-state index contributed by atoms with van der Waals surface area (Å²) in [5.74, 6) is 3.02. The Kier molecular flexibility index (Phi) is 5.69. The molecule has 2 saturated carbocycles. The Morgan fingerprint density at radius 1 is 1.10 bits per heavy atom. The predicted octanol–water partition coefficient (Wildman–Crippen LogP) is 6.61. The number of hydrogen-bond donors (Lipinski definition) is 0. The van der Waals surface area contributed by atoms with Crippen molar-refractivity contribution in [2.24, 2.45) is 17.3 Å². The molecule has 0 bridgehead atoms. The fourth-order valence-corrected chi connectivity index (χ4v) is 6.21. The number of aryl methyl sites for hydroxylation is 1. The van der Waals surface area contributed by atoms with Gasteiger partial charge in [-0.05, 0) is 92.4 Å². The average molecular weight is 409 g/mol. The number of carbonyl (C=O) groups is 1. The summed E-state index contributed by atoms with van der Waals surface area (Å²) < 4.78 is 42.3. The van der Waals surface area contributed by atoms with Crippen molar-refractivity contribution < 1.29 is 22.7 Å². The topological polar surface area (TPSA) is 26.3 Å². The maximum atomic E-state index is 12.4. The molecule has 2 fully saturated rings. The van der Waals surface area contributed by atoms with Gasteiger partial charge < -0.3 is 4.74 Å². The molecule has 0 heterocycles. The summed E-state index contributed by atoms with van der Waals surface area (Å²) in [5.41, 5.74) is 2.70. The second kappa shape index (κ2) is 7.96. The molecule has 160 valence electrons. The molecule has 4 atom stereocenters. The molecule has 1 aromatic carbocycles. The van der Waals surface area contributed by atoms with Crippen molar-refractivity contribution in [2.45, 2.75) is 83.2 Å². The SMILES string of the molecule is C[C@]12CCC3c4ccc(OCCCCCC(F)(F)F)cc4CCC3C1CCC2=O. The third-order valence-electron chi connectivity index (χ3n) is 7.78. The van der Waals surface area contributed by atoms with Crippen molar-refractivity contribution in [3.8, 4) is 5.75 Å². The number of carbonyl (C=O) groups excluding carboxylic acids is 1. The molecule has 29 heavy (non-hydrogen) atoms. The Balaban J connectivity index is 1.34. The van der Waals surface area contributed by atoms with E-state index in [1.165, 1.54) is 11.1 Å². The number of rotatable bonds is 6. The molecule has 0 saturated heterocycles. The number of halogens is 3. The van der Waals surface area contributed by atoms with Gasteiger partial charge in [0.2, 0.25) is 0 Å². The number of alkyl halides is 3. The van der Waals surface area contributed by atoms with E-state index in [4.69, 9.17) is 4.74 Å². The van der Waals surface area contributed by atoms with E-state index in [1.54, 1.807) is 0 Å². The lowest BCUT2D eigenvalue weighted by Gasteiger charge is -2.48. The Hall–Kier alpha value is -1.52. The molecule has 3 unspecified atom stereocenters. The van der Waals surface area contributed by atoms with E-state index < -0.39 is 12.6 Å². The van der Waals surface area contributed by atoms with Crippen LogP contribution >= 0.6 is 0 Å². The molecular weight excluding hydrogens is 377 g/mol. The van der Waals surface area contributed by atoms with Crippen LogP contribution < -0.4 is 4.74 Å². The molecule has 5 heteroatoms. The lowest BCUT2D eigenvalue weighted by molar-refractivity contribution is -0.135.